The highest BCUT2D eigenvalue weighted by Crippen LogP contribution is 2.32. The molecular formula is C17H22N2O2. The van der Waals surface area contributed by atoms with Gasteiger partial charge in [0.2, 0.25) is 0 Å². The van der Waals surface area contributed by atoms with Crippen molar-refractivity contribution >= 4 is 0 Å². The minimum atomic E-state index is -0.0686. The number of para-hydroxylation sites is 1. The Kier molecular flexibility index (Phi) is 4.13. The van der Waals surface area contributed by atoms with Crippen molar-refractivity contribution in [3.05, 3.63) is 40.3 Å². The third kappa shape index (κ3) is 2.89. The Morgan fingerprint density at radius 1 is 1.19 bits per heavy atom. The van der Waals surface area contributed by atoms with Gasteiger partial charge in [0.1, 0.15) is 5.75 Å². The fraction of sp³-hybridized carbons (Fsp3) is 0.471. The lowest BCUT2D eigenvalue weighted by Crippen LogP contribution is -2.04. The number of hydrogen-bond acceptors (Lipinski definition) is 2. The Morgan fingerprint density at radius 2 is 1.95 bits per heavy atom. The van der Waals surface area contributed by atoms with Crippen molar-refractivity contribution in [1.29, 1.82) is 0 Å². The molecule has 0 spiro atoms. The van der Waals surface area contributed by atoms with Gasteiger partial charge < -0.3 is 9.84 Å². The second-order valence-electron chi connectivity index (χ2n) is 5.82. The zero-order valence-electron chi connectivity index (χ0n) is 12.4. The summed E-state index contributed by atoms with van der Waals surface area (Å²) in [5.41, 5.74) is 2.52. The number of H-pyrrole nitrogens is 2. The molecule has 4 heteroatoms. The normalized spacial score (nSPS) is 15.5. The molecule has 1 fully saturated rings. The van der Waals surface area contributed by atoms with E-state index in [2.05, 4.69) is 10.2 Å². The molecule has 0 amide bonds. The van der Waals surface area contributed by atoms with Crippen LogP contribution < -0.4 is 10.3 Å². The summed E-state index contributed by atoms with van der Waals surface area (Å²) in [6, 6.07) is 7.69. The number of aromatic amines is 2. The molecule has 1 aromatic heterocycles. The molecule has 0 aliphatic heterocycles. The second-order valence-corrected chi connectivity index (χ2v) is 5.82. The van der Waals surface area contributed by atoms with Gasteiger partial charge in [-0.3, -0.25) is 9.89 Å². The largest absolute Gasteiger partial charge is 0.496 e. The number of ether oxygens (including phenoxy) is 1. The van der Waals surface area contributed by atoms with Crippen LogP contribution in [0.25, 0.3) is 11.1 Å². The molecule has 0 saturated heterocycles. The molecule has 0 bridgehead atoms. The van der Waals surface area contributed by atoms with E-state index in [0.29, 0.717) is 0 Å². The molecule has 2 aromatic rings. The van der Waals surface area contributed by atoms with Gasteiger partial charge in [0, 0.05) is 11.3 Å². The summed E-state index contributed by atoms with van der Waals surface area (Å²) < 4.78 is 5.39. The number of methoxy groups -OCH3 is 1. The molecule has 0 radical (unpaired) electrons. The summed E-state index contributed by atoms with van der Waals surface area (Å²) in [5.74, 6) is 1.55. The van der Waals surface area contributed by atoms with Crippen LogP contribution in [0.3, 0.4) is 0 Å². The highest BCUT2D eigenvalue weighted by molar-refractivity contribution is 5.71. The zero-order chi connectivity index (χ0) is 14.7. The number of nitrogens with one attached hydrogen (secondary N) is 2. The highest BCUT2D eigenvalue weighted by atomic mass is 16.5. The first-order valence-electron chi connectivity index (χ1n) is 7.72. The molecule has 1 heterocycles. The van der Waals surface area contributed by atoms with Crippen LogP contribution in [0.5, 0.6) is 5.75 Å². The molecule has 1 saturated carbocycles. The van der Waals surface area contributed by atoms with Gasteiger partial charge in [0.15, 0.2) is 0 Å². The number of aromatic nitrogens is 2. The van der Waals surface area contributed by atoms with Crippen molar-refractivity contribution in [2.45, 2.75) is 38.5 Å². The summed E-state index contributed by atoms with van der Waals surface area (Å²) in [7, 11) is 1.64. The van der Waals surface area contributed by atoms with E-state index in [0.717, 1.165) is 41.3 Å². The van der Waals surface area contributed by atoms with E-state index in [1.807, 2.05) is 24.3 Å². The van der Waals surface area contributed by atoms with E-state index in [4.69, 9.17) is 4.74 Å². The Labute approximate surface area is 124 Å². The number of hydrogen-bond donors (Lipinski definition) is 2. The molecule has 1 aliphatic rings. The first-order valence-corrected chi connectivity index (χ1v) is 7.72. The summed E-state index contributed by atoms with van der Waals surface area (Å²) in [4.78, 5) is 12.2. The van der Waals surface area contributed by atoms with Crippen LogP contribution in [0.4, 0.5) is 0 Å². The maximum Gasteiger partial charge on any atom is 0.272 e. The fourth-order valence-corrected chi connectivity index (χ4v) is 3.37. The monoisotopic (exact) mass is 286 g/mol. The van der Waals surface area contributed by atoms with Gasteiger partial charge in [0.05, 0.1) is 12.7 Å². The number of aryl methyl sites for hydroxylation is 1. The average Bonchev–Trinajstić information content (AvgIpc) is 3.14. The first kappa shape index (κ1) is 14.0. The quantitative estimate of drug-likeness (QED) is 0.883. The SMILES string of the molecule is COc1ccccc1-c1c(CCC2CCCC2)[nH][nH]c1=O. The summed E-state index contributed by atoms with van der Waals surface area (Å²) >= 11 is 0. The van der Waals surface area contributed by atoms with Crippen LogP contribution >= 0.6 is 0 Å². The van der Waals surface area contributed by atoms with Crippen molar-refractivity contribution in [3.8, 4) is 16.9 Å². The van der Waals surface area contributed by atoms with Crippen molar-refractivity contribution < 1.29 is 4.74 Å². The van der Waals surface area contributed by atoms with E-state index in [1.54, 1.807) is 7.11 Å². The molecule has 21 heavy (non-hydrogen) atoms. The smallest absolute Gasteiger partial charge is 0.272 e. The molecule has 112 valence electrons. The molecule has 0 atom stereocenters. The summed E-state index contributed by atoms with van der Waals surface area (Å²) in [5, 5.41) is 5.78. The third-order valence-electron chi connectivity index (χ3n) is 4.51. The van der Waals surface area contributed by atoms with E-state index >= 15 is 0 Å². The second kappa shape index (κ2) is 6.20. The number of benzene rings is 1. The van der Waals surface area contributed by atoms with Gasteiger partial charge in [-0.05, 0) is 24.8 Å². The maximum atomic E-state index is 12.2. The number of rotatable bonds is 5. The van der Waals surface area contributed by atoms with Crippen molar-refractivity contribution in [2.24, 2.45) is 5.92 Å². The van der Waals surface area contributed by atoms with Gasteiger partial charge in [0.25, 0.3) is 5.56 Å². The topological polar surface area (TPSA) is 57.9 Å². The summed E-state index contributed by atoms with van der Waals surface area (Å²) in [6.07, 6.45) is 7.44. The minimum absolute atomic E-state index is 0.0686. The van der Waals surface area contributed by atoms with Crippen LogP contribution in [-0.4, -0.2) is 17.3 Å². The van der Waals surface area contributed by atoms with Crippen molar-refractivity contribution in [2.75, 3.05) is 7.11 Å². The Balaban J connectivity index is 1.87. The highest BCUT2D eigenvalue weighted by Gasteiger charge is 2.19. The first-order chi connectivity index (χ1) is 10.3. The lowest BCUT2D eigenvalue weighted by atomic mass is 9.97. The van der Waals surface area contributed by atoms with E-state index in [-0.39, 0.29) is 5.56 Å². The van der Waals surface area contributed by atoms with Gasteiger partial charge in [-0.2, -0.15) is 0 Å². The van der Waals surface area contributed by atoms with Crippen LogP contribution in [0.2, 0.25) is 0 Å². The minimum Gasteiger partial charge on any atom is -0.496 e. The third-order valence-corrected chi connectivity index (χ3v) is 4.51. The van der Waals surface area contributed by atoms with Crippen molar-refractivity contribution in [3.63, 3.8) is 0 Å². The predicted molar refractivity (Wildman–Crippen MR) is 83.7 cm³/mol. The summed E-state index contributed by atoms with van der Waals surface area (Å²) in [6.45, 7) is 0. The molecule has 3 rings (SSSR count). The molecule has 4 nitrogen and oxygen atoms in total. The van der Waals surface area contributed by atoms with E-state index in [1.165, 1.54) is 25.7 Å². The molecular weight excluding hydrogens is 264 g/mol. The standard InChI is InChI=1S/C17H22N2O2/c1-21-15-9-5-4-8-13(15)16-14(18-19-17(16)20)11-10-12-6-2-3-7-12/h4-5,8-9,12H,2-3,6-7,10-11H2,1H3,(H2,18,19,20). The maximum absolute atomic E-state index is 12.2. The predicted octanol–water partition coefficient (Wildman–Crippen LogP) is 3.50. The van der Waals surface area contributed by atoms with Gasteiger partial charge >= 0.3 is 0 Å². The van der Waals surface area contributed by atoms with Crippen LogP contribution in [-0.2, 0) is 6.42 Å². The van der Waals surface area contributed by atoms with Crippen molar-refractivity contribution in [1.82, 2.24) is 10.2 Å². The Bertz CT molecular complexity index is 651. The lowest BCUT2D eigenvalue weighted by Gasteiger charge is -2.10. The molecule has 1 aliphatic carbocycles. The Hall–Kier alpha value is -1.97. The zero-order valence-corrected chi connectivity index (χ0v) is 12.4. The Morgan fingerprint density at radius 3 is 2.71 bits per heavy atom. The molecule has 1 aromatic carbocycles. The van der Waals surface area contributed by atoms with E-state index < -0.39 is 0 Å². The molecule has 2 N–H and O–H groups in total. The van der Waals surface area contributed by atoms with Crippen LogP contribution in [0.15, 0.2) is 29.1 Å². The van der Waals surface area contributed by atoms with Gasteiger partial charge in [-0.15, -0.1) is 0 Å². The fourth-order valence-electron chi connectivity index (χ4n) is 3.37. The molecule has 0 unspecified atom stereocenters. The van der Waals surface area contributed by atoms with Gasteiger partial charge in [-0.1, -0.05) is 43.9 Å². The van der Waals surface area contributed by atoms with Crippen LogP contribution in [0, 0.1) is 5.92 Å². The van der Waals surface area contributed by atoms with E-state index in [9.17, 15) is 4.79 Å². The van der Waals surface area contributed by atoms with Crippen LogP contribution in [0.1, 0.15) is 37.8 Å². The lowest BCUT2D eigenvalue weighted by molar-refractivity contribution is 0.416. The van der Waals surface area contributed by atoms with Gasteiger partial charge in [-0.25, -0.2) is 0 Å². The average molecular weight is 286 g/mol.